The smallest absolute Gasteiger partial charge is 0.222 e. The van der Waals surface area contributed by atoms with Crippen molar-refractivity contribution in [2.45, 2.75) is 18.7 Å². The standard InChI is InChI=1S/C24H32N4O4S/c1-28(2)15-19-6-7-20(32-19)16-33-9-8-25-24-26-13-18(14-27-24)10-17-11-21(29-3)23(31-5)22(12-17)30-4/h6-7,11-14H,8-10,15-16H2,1-5H3,(H,25,26,27). The molecule has 3 rings (SSSR count). The van der Waals surface area contributed by atoms with E-state index in [0.717, 1.165) is 47.2 Å². The maximum atomic E-state index is 5.83. The molecule has 1 N–H and O–H groups in total. The minimum Gasteiger partial charge on any atom is -0.493 e. The molecule has 9 heteroatoms. The van der Waals surface area contributed by atoms with Crippen molar-refractivity contribution in [1.29, 1.82) is 0 Å². The van der Waals surface area contributed by atoms with Crippen molar-refractivity contribution in [2.24, 2.45) is 0 Å². The Hall–Kier alpha value is -2.91. The third kappa shape index (κ3) is 7.30. The third-order valence-electron chi connectivity index (χ3n) is 4.80. The van der Waals surface area contributed by atoms with E-state index in [0.29, 0.717) is 29.6 Å². The second-order valence-electron chi connectivity index (χ2n) is 7.71. The van der Waals surface area contributed by atoms with Crippen molar-refractivity contribution in [2.75, 3.05) is 53.0 Å². The minimum atomic E-state index is 0.582. The molecule has 0 saturated heterocycles. The normalized spacial score (nSPS) is 11.0. The van der Waals surface area contributed by atoms with E-state index in [1.165, 1.54) is 0 Å². The fourth-order valence-electron chi connectivity index (χ4n) is 3.31. The maximum Gasteiger partial charge on any atom is 0.222 e. The highest BCUT2D eigenvalue weighted by atomic mass is 32.2. The first-order valence-corrected chi connectivity index (χ1v) is 11.8. The van der Waals surface area contributed by atoms with Gasteiger partial charge in [0.25, 0.3) is 0 Å². The summed E-state index contributed by atoms with van der Waals surface area (Å²) in [6.45, 7) is 1.60. The first kappa shape index (κ1) is 24.7. The zero-order valence-electron chi connectivity index (χ0n) is 19.9. The predicted molar refractivity (Wildman–Crippen MR) is 132 cm³/mol. The van der Waals surface area contributed by atoms with Gasteiger partial charge in [-0.15, -0.1) is 0 Å². The molecule has 0 bridgehead atoms. The molecule has 178 valence electrons. The molecule has 8 nitrogen and oxygen atoms in total. The summed E-state index contributed by atoms with van der Waals surface area (Å²) < 4.78 is 22.1. The van der Waals surface area contributed by atoms with Crippen LogP contribution in [0.4, 0.5) is 5.95 Å². The number of nitrogens with zero attached hydrogens (tertiary/aromatic N) is 3. The lowest BCUT2D eigenvalue weighted by molar-refractivity contribution is 0.324. The summed E-state index contributed by atoms with van der Waals surface area (Å²) in [4.78, 5) is 11.0. The van der Waals surface area contributed by atoms with Gasteiger partial charge in [0.15, 0.2) is 11.5 Å². The van der Waals surface area contributed by atoms with Gasteiger partial charge in [0, 0.05) is 31.1 Å². The van der Waals surface area contributed by atoms with Crippen LogP contribution in [0.5, 0.6) is 17.2 Å². The second-order valence-corrected chi connectivity index (χ2v) is 8.82. The summed E-state index contributed by atoms with van der Waals surface area (Å²) in [5, 5.41) is 3.27. The molecule has 0 aliphatic carbocycles. The quantitative estimate of drug-likeness (QED) is 0.370. The Morgan fingerprint density at radius 3 is 2.21 bits per heavy atom. The molecule has 0 spiro atoms. The van der Waals surface area contributed by atoms with Gasteiger partial charge in [-0.25, -0.2) is 9.97 Å². The molecule has 0 radical (unpaired) electrons. The first-order valence-electron chi connectivity index (χ1n) is 10.7. The van der Waals surface area contributed by atoms with Crippen molar-refractivity contribution in [3.8, 4) is 17.2 Å². The van der Waals surface area contributed by atoms with Gasteiger partial charge < -0.3 is 28.8 Å². The number of furan rings is 1. The van der Waals surface area contributed by atoms with Gasteiger partial charge in [0.1, 0.15) is 11.5 Å². The molecule has 0 fully saturated rings. The molecular weight excluding hydrogens is 440 g/mol. The highest BCUT2D eigenvalue weighted by Gasteiger charge is 2.13. The largest absolute Gasteiger partial charge is 0.493 e. The van der Waals surface area contributed by atoms with Crippen molar-refractivity contribution in [3.05, 3.63) is 59.3 Å². The second kappa shape index (κ2) is 12.4. The molecule has 3 aromatic rings. The lowest BCUT2D eigenvalue weighted by Gasteiger charge is -2.14. The van der Waals surface area contributed by atoms with E-state index in [1.807, 2.05) is 56.5 Å². The highest BCUT2D eigenvalue weighted by molar-refractivity contribution is 7.98. The van der Waals surface area contributed by atoms with E-state index in [2.05, 4.69) is 26.3 Å². The number of benzene rings is 1. The van der Waals surface area contributed by atoms with Gasteiger partial charge >= 0.3 is 0 Å². The molecule has 0 aliphatic rings. The summed E-state index contributed by atoms with van der Waals surface area (Å²) in [7, 11) is 8.88. The Bertz CT molecular complexity index is 983. The molecule has 1 aromatic carbocycles. The lowest BCUT2D eigenvalue weighted by Crippen LogP contribution is -2.09. The van der Waals surface area contributed by atoms with Crippen LogP contribution in [0.2, 0.25) is 0 Å². The Kier molecular flexibility index (Phi) is 9.26. The Balaban J connectivity index is 1.45. The zero-order chi connectivity index (χ0) is 23.6. The van der Waals surface area contributed by atoms with Gasteiger partial charge in [-0.1, -0.05) is 0 Å². The number of rotatable bonds is 13. The number of ether oxygens (including phenoxy) is 3. The number of thioether (sulfide) groups is 1. The fraction of sp³-hybridized carbons (Fsp3) is 0.417. The fourth-order valence-corrected chi connectivity index (χ4v) is 4.06. The summed E-state index contributed by atoms with van der Waals surface area (Å²) >= 11 is 1.81. The third-order valence-corrected chi connectivity index (χ3v) is 5.78. The summed E-state index contributed by atoms with van der Waals surface area (Å²) in [6, 6.07) is 7.97. The van der Waals surface area contributed by atoms with Gasteiger partial charge in [-0.3, -0.25) is 0 Å². The molecule has 2 heterocycles. The highest BCUT2D eigenvalue weighted by Crippen LogP contribution is 2.38. The monoisotopic (exact) mass is 472 g/mol. The van der Waals surface area contributed by atoms with Crippen LogP contribution in [0, 0.1) is 0 Å². The number of nitrogens with one attached hydrogen (secondary N) is 1. The minimum absolute atomic E-state index is 0.582. The maximum absolute atomic E-state index is 5.83. The van der Waals surface area contributed by atoms with E-state index >= 15 is 0 Å². The molecular formula is C24H32N4O4S. The van der Waals surface area contributed by atoms with Gasteiger partial charge in [-0.05, 0) is 49.5 Å². The van der Waals surface area contributed by atoms with E-state index in [-0.39, 0.29) is 0 Å². The van der Waals surface area contributed by atoms with Crippen LogP contribution >= 0.6 is 11.8 Å². The predicted octanol–water partition coefficient (Wildman–Crippen LogP) is 4.09. The van der Waals surface area contributed by atoms with Crippen LogP contribution in [-0.4, -0.2) is 62.6 Å². The van der Waals surface area contributed by atoms with Gasteiger partial charge in [-0.2, -0.15) is 11.8 Å². The molecule has 0 saturated carbocycles. The van der Waals surface area contributed by atoms with Gasteiger partial charge in [0.2, 0.25) is 11.7 Å². The SMILES string of the molecule is COc1cc(Cc2cnc(NCCSCc3ccc(CN(C)C)o3)nc2)cc(OC)c1OC. The Labute approximate surface area is 199 Å². The summed E-state index contributed by atoms with van der Waals surface area (Å²) in [6.07, 6.45) is 4.33. The van der Waals surface area contributed by atoms with E-state index < -0.39 is 0 Å². The molecule has 0 atom stereocenters. The van der Waals surface area contributed by atoms with E-state index in [1.54, 1.807) is 21.3 Å². The number of hydrogen-bond donors (Lipinski definition) is 1. The van der Waals surface area contributed by atoms with Crippen LogP contribution in [0.1, 0.15) is 22.6 Å². The van der Waals surface area contributed by atoms with Crippen LogP contribution in [0.25, 0.3) is 0 Å². The number of anilines is 1. The van der Waals surface area contributed by atoms with E-state index in [9.17, 15) is 0 Å². The molecule has 0 amide bonds. The number of methoxy groups -OCH3 is 3. The molecule has 2 aromatic heterocycles. The Morgan fingerprint density at radius 2 is 1.61 bits per heavy atom. The van der Waals surface area contributed by atoms with Crippen LogP contribution in [-0.2, 0) is 18.7 Å². The van der Waals surface area contributed by atoms with Crippen molar-refractivity contribution >= 4 is 17.7 Å². The zero-order valence-corrected chi connectivity index (χ0v) is 20.7. The van der Waals surface area contributed by atoms with Crippen molar-refractivity contribution < 1.29 is 18.6 Å². The molecule has 0 unspecified atom stereocenters. The average molecular weight is 473 g/mol. The Morgan fingerprint density at radius 1 is 0.939 bits per heavy atom. The lowest BCUT2D eigenvalue weighted by atomic mass is 10.1. The van der Waals surface area contributed by atoms with Crippen LogP contribution in [0.15, 0.2) is 41.1 Å². The average Bonchev–Trinajstić information content (AvgIpc) is 3.25. The van der Waals surface area contributed by atoms with Crippen LogP contribution in [0.3, 0.4) is 0 Å². The van der Waals surface area contributed by atoms with Gasteiger partial charge in [0.05, 0.1) is 33.6 Å². The van der Waals surface area contributed by atoms with Crippen LogP contribution < -0.4 is 19.5 Å². The first-order chi connectivity index (χ1) is 16.0. The number of aromatic nitrogens is 2. The van der Waals surface area contributed by atoms with Crippen molar-refractivity contribution in [1.82, 2.24) is 14.9 Å². The van der Waals surface area contributed by atoms with E-state index in [4.69, 9.17) is 18.6 Å². The molecule has 33 heavy (non-hydrogen) atoms. The number of hydrogen-bond acceptors (Lipinski definition) is 9. The topological polar surface area (TPSA) is 81.9 Å². The molecule has 0 aliphatic heterocycles. The summed E-state index contributed by atoms with van der Waals surface area (Å²) in [5.74, 6) is 6.25. The van der Waals surface area contributed by atoms with Crippen molar-refractivity contribution in [3.63, 3.8) is 0 Å². The summed E-state index contributed by atoms with van der Waals surface area (Å²) in [5.41, 5.74) is 2.02.